The average Bonchev–Trinajstić information content (AvgIpc) is 3.70. The minimum absolute atomic E-state index is 0.0167. The Morgan fingerprint density at radius 3 is 2.62 bits per heavy atom. The van der Waals surface area contributed by atoms with Crippen LogP contribution in [0.4, 0.5) is 0 Å². The number of ether oxygens (including phenoxy) is 4. The number of aliphatic hydroxyl groups excluding tert-OH is 1. The molecule has 8 N–H and O–H groups in total. The minimum Gasteiger partial charge on any atom is -0.508 e. The smallest absolute Gasteiger partial charge is 0.160 e. The largest absolute Gasteiger partial charge is 0.508 e. The monoisotopic (exact) mass is 820 g/mol. The number of phenols is 2. The van der Waals surface area contributed by atoms with Crippen molar-refractivity contribution >= 4 is 10.9 Å². The van der Waals surface area contributed by atoms with Crippen molar-refractivity contribution in [2.24, 2.45) is 5.92 Å². The molecule has 1 aromatic heterocycles. The summed E-state index contributed by atoms with van der Waals surface area (Å²) in [5.74, 6) is 2.41. The summed E-state index contributed by atoms with van der Waals surface area (Å²) in [6, 6.07) is 19.6. The number of hydrogen-bond donors (Lipinski definition) is 8. The maximum atomic E-state index is 11.0. The molecule has 0 spiro atoms. The first-order valence-electron chi connectivity index (χ1n) is 21.3. The van der Waals surface area contributed by atoms with Crippen LogP contribution in [0.2, 0.25) is 0 Å². The van der Waals surface area contributed by atoms with Crippen LogP contribution in [0.15, 0.2) is 66.9 Å². The molecule has 8 rings (SSSR count). The topological polar surface area (TPSA) is 170 Å². The Labute approximate surface area is 352 Å². The van der Waals surface area contributed by atoms with Crippen LogP contribution in [0, 0.1) is 5.92 Å². The van der Waals surface area contributed by atoms with Gasteiger partial charge in [0.2, 0.25) is 0 Å². The highest BCUT2D eigenvalue weighted by atomic mass is 16.6. The van der Waals surface area contributed by atoms with Gasteiger partial charge in [-0.3, -0.25) is 5.32 Å². The Balaban J connectivity index is 1.26. The zero-order chi connectivity index (χ0) is 42.2. The number of aromatic amines is 1. The second-order valence-electron chi connectivity index (χ2n) is 17.6. The Bertz CT molecular complexity index is 2320. The molecule has 2 aliphatic heterocycles. The van der Waals surface area contributed by atoms with Crippen molar-refractivity contribution in [3.05, 3.63) is 100 Å². The molecular formula is C48H60N4O8. The molecule has 5 atom stereocenters. The predicted octanol–water partition coefficient (Wildman–Crippen LogP) is 6.37. The molecule has 0 saturated carbocycles. The first-order chi connectivity index (χ1) is 28.9. The van der Waals surface area contributed by atoms with Gasteiger partial charge >= 0.3 is 0 Å². The van der Waals surface area contributed by atoms with E-state index in [1.54, 1.807) is 12.1 Å². The Morgan fingerprint density at radius 1 is 0.983 bits per heavy atom. The molecule has 320 valence electrons. The molecule has 12 nitrogen and oxygen atoms in total. The summed E-state index contributed by atoms with van der Waals surface area (Å²) in [4.78, 5) is 3.30. The second kappa shape index (κ2) is 17.3. The van der Waals surface area contributed by atoms with E-state index in [4.69, 9.17) is 18.9 Å². The molecule has 60 heavy (non-hydrogen) atoms. The second-order valence-corrected chi connectivity index (χ2v) is 17.6. The number of phenolic OH excluding ortho intramolecular Hbond substituents is 2. The number of aliphatic hydroxyl groups is 2. The van der Waals surface area contributed by atoms with Crippen LogP contribution in [0.25, 0.3) is 22.0 Å². The molecule has 4 aromatic carbocycles. The molecular weight excluding hydrogens is 761 g/mol. The third-order valence-electron chi connectivity index (χ3n) is 12.4. The number of nitrogens with one attached hydrogen (secondary N) is 4. The number of fused-ring (bicyclic) bond motifs is 9. The van der Waals surface area contributed by atoms with Crippen LogP contribution in [-0.2, 0) is 30.4 Å². The SMILES string of the molecule is CNCOC1(CNCNCC(C)(O)CC(C)C)Cc2c3c(c4c(c2OC1c1ccc(O)c(OC)c1)CCC(CO)O4)-c1ccc(O)cc1C(Cc1ccc2[nH]ccc2c1)C3. The summed E-state index contributed by atoms with van der Waals surface area (Å²) in [6.45, 7) is 7.42. The third kappa shape index (κ3) is 8.29. The van der Waals surface area contributed by atoms with E-state index in [-0.39, 0.29) is 36.9 Å². The van der Waals surface area contributed by atoms with Gasteiger partial charge in [-0.15, -0.1) is 0 Å². The molecule has 3 heterocycles. The van der Waals surface area contributed by atoms with Crippen molar-refractivity contribution in [1.29, 1.82) is 0 Å². The highest BCUT2D eigenvalue weighted by Gasteiger charge is 2.50. The lowest BCUT2D eigenvalue weighted by Gasteiger charge is -2.47. The van der Waals surface area contributed by atoms with Gasteiger partial charge in [-0.25, -0.2) is 0 Å². The van der Waals surface area contributed by atoms with E-state index in [0.29, 0.717) is 63.5 Å². The maximum absolute atomic E-state index is 11.0. The number of aromatic hydroxyl groups is 2. The summed E-state index contributed by atoms with van der Waals surface area (Å²) >= 11 is 0. The molecule has 0 saturated heterocycles. The lowest BCUT2D eigenvalue weighted by Crippen LogP contribution is -2.56. The zero-order valence-electron chi connectivity index (χ0n) is 35.4. The van der Waals surface area contributed by atoms with Crippen molar-refractivity contribution in [3.8, 4) is 39.9 Å². The fraction of sp³-hybridized carbons (Fsp3) is 0.458. The van der Waals surface area contributed by atoms with E-state index in [2.05, 4.69) is 59.0 Å². The summed E-state index contributed by atoms with van der Waals surface area (Å²) in [5.41, 5.74) is 7.36. The first-order valence-corrected chi connectivity index (χ1v) is 21.3. The number of hydrogen-bond acceptors (Lipinski definition) is 11. The van der Waals surface area contributed by atoms with Crippen LogP contribution in [0.5, 0.6) is 28.7 Å². The summed E-state index contributed by atoms with van der Waals surface area (Å²) in [5, 5.41) is 54.4. The molecule has 0 amide bonds. The number of aromatic nitrogens is 1. The average molecular weight is 821 g/mol. The quantitative estimate of drug-likeness (QED) is 0.0412. The zero-order valence-corrected chi connectivity index (χ0v) is 35.4. The molecule has 0 bridgehead atoms. The first kappa shape index (κ1) is 41.9. The van der Waals surface area contributed by atoms with Crippen molar-refractivity contribution in [2.45, 2.75) is 88.6 Å². The van der Waals surface area contributed by atoms with Gasteiger partial charge in [-0.05, 0) is 134 Å². The summed E-state index contributed by atoms with van der Waals surface area (Å²) in [7, 11) is 3.38. The van der Waals surface area contributed by atoms with Crippen molar-refractivity contribution in [3.63, 3.8) is 0 Å². The Kier molecular flexibility index (Phi) is 12.1. The number of H-pyrrole nitrogens is 1. The lowest BCUT2D eigenvalue weighted by molar-refractivity contribution is -0.129. The van der Waals surface area contributed by atoms with Gasteiger partial charge in [0.1, 0.15) is 29.0 Å². The van der Waals surface area contributed by atoms with Gasteiger partial charge in [-0.1, -0.05) is 32.0 Å². The lowest BCUT2D eigenvalue weighted by atomic mass is 9.70. The molecule has 12 heteroatoms. The minimum atomic E-state index is -0.977. The fourth-order valence-electron chi connectivity index (χ4n) is 9.93. The van der Waals surface area contributed by atoms with Gasteiger partial charge in [0.25, 0.3) is 0 Å². The van der Waals surface area contributed by atoms with Gasteiger partial charge in [-0.2, -0.15) is 0 Å². The fourth-order valence-corrected chi connectivity index (χ4v) is 9.93. The van der Waals surface area contributed by atoms with Crippen LogP contribution in [0.3, 0.4) is 0 Å². The van der Waals surface area contributed by atoms with Gasteiger partial charge in [0, 0.05) is 54.6 Å². The van der Waals surface area contributed by atoms with E-state index in [1.807, 2.05) is 44.4 Å². The van der Waals surface area contributed by atoms with Gasteiger partial charge in [0.15, 0.2) is 17.6 Å². The van der Waals surface area contributed by atoms with Crippen LogP contribution in [0.1, 0.15) is 79.0 Å². The van der Waals surface area contributed by atoms with Crippen LogP contribution < -0.4 is 30.2 Å². The van der Waals surface area contributed by atoms with Crippen LogP contribution >= 0.6 is 0 Å². The van der Waals surface area contributed by atoms with Crippen molar-refractivity contribution in [2.75, 3.05) is 47.3 Å². The van der Waals surface area contributed by atoms with Crippen LogP contribution in [-0.4, -0.2) is 90.0 Å². The highest BCUT2D eigenvalue weighted by Crippen LogP contribution is 2.57. The predicted molar refractivity (Wildman–Crippen MR) is 232 cm³/mol. The molecule has 0 fully saturated rings. The Hall–Kier alpha value is -4.82. The third-order valence-corrected chi connectivity index (χ3v) is 12.4. The molecule has 1 aliphatic carbocycles. The summed E-state index contributed by atoms with van der Waals surface area (Å²) < 4.78 is 26.7. The molecule has 0 radical (unpaired) electrons. The van der Waals surface area contributed by atoms with Crippen molar-refractivity contribution < 1.29 is 39.4 Å². The highest BCUT2D eigenvalue weighted by molar-refractivity contribution is 5.85. The van der Waals surface area contributed by atoms with E-state index >= 15 is 0 Å². The maximum Gasteiger partial charge on any atom is 0.160 e. The van der Waals surface area contributed by atoms with E-state index in [1.165, 1.54) is 12.7 Å². The van der Waals surface area contributed by atoms with Gasteiger partial charge < -0.3 is 55.0 Å². The molecule has 5 unspecified atom stereocenters. The van der Waals surface area contributed by atoms with E-state index < -0.39 is 17.3 Å². The normalized spacial score (nSPS) is 21.6. The standard InChI is InChI=1S/C48H60N4O8/c1-28(2)21-47(3,56)24-50-26-51-25-48(58-27-49-4)22-39-38-18-32(17-29-6-12-40-30(16-29)14-15-52-40)37-20-33(54)8-10-35(37)43(38)45-36(11-9-34(23-53)59-45)44(39)60-46(48)31-7-13-41(55)42(19-31)57-5/h6-8,10,12-16,19-20,28,32,34,46,49-56H,9,11,17-18,21-27H2,1-5H3. The Morgan fingerprint density at radius 2 is 1.83 bits per heavy atom. The number of rotatable bonds is 16. The number of methoxy groups -OCH3 is 1. The van der Waals surface area contributed by atoms with Crippen molar-refractivity contribution in [1.82, 2.24) is 20.9 Å². The van der Waals surface area contributed by atoms with E-state index in [9.17, 15) is 20.4 Å². The number of benzene rings is 4. The van der Waals surface area contributed by atoms with Gasteiger partial charge in [0.05, 0.1) is 26.0 Å². The van der Waals surface area contributed by atoms with E-state index in [0.717, 1.165) is 67.8 Å². The summed E-state index contributed by atoms with van der Waals surface area (Å²) in [6.07, 6.45) is 4.74. The molecule has 5 aromatic rings. The molecule has 3 aliphatic rings.